The Morgan fingerprint density at radius 2 is 1.77 bits per heavy atom. The molecule has 136 valence electrons. The van der Waals surface area contributed by atoms with E-state index in [1.165, 1.54) is 4.90 Å². The summed E-state index contributed by atoms with van der Waals surface area (Å²) >= 11 is 6.22. The van der Waals surface area contributed by atoms with Gasteiger partial charge in [-0.05, 0) is 55.7 Å². The minimum atomic E-state index is -1.01. The zero-order valence-electron chi connectivity index (χ0n) is 15.0. The number of hydrogen-bond acceptors (Lipinski definition) is 2. The van der Waals surface area contributed by atoms with Gasteiger partial charge >= 0.3 is 6.09 Å². The van der Waals surface area contributed by atoms with Crippen molar-refractivity contribution in [3.05, 3.63) is 58.1 Å². The number of hydrogen-bond donors (Lipinski definition) is 1. The van der Waals surface area contributed by atoms with E-state index in [9.17, 15) is 14.7 Å². The van der Waals surface area contributed by atoms with Crippen LogP contribution in [0.3, 0.4) is 0 Å². The van der Waals surface area contributed by atoms with Crippen molar-refractivity contribution < 1.29 is 14.7 Å². The number of fused-ring (bicyclic) bond motifs is 1. The maximum absolute atomic E-state index is 13.2. The minimum Gasteiger partial charge on any atom is -0.465 e. The van der Waals surface area contributed by atoms with E-state index in [0.29, 0.717) is 34.9 Å². The number of halogens is 1. The van der Waals surface area contributed by atoms with Gasteiger partial charge in [0.25, 0.3) is 5.91 Å². The number of nitrogens with zero attached hydrogens (tertiary/aromatic N) is 2. The highest BCUT2D eigenvalue weighted by Gasteiger charge is 2.37. The van der Waals surface area contributed by atoms with Crippen molar-refractivity contribution in [1.29, 1.82) is 0 Å². The Labute approximate surface area is 157 Å². The molecule has 2 amide bonds. The van der Waals surface area contributed by atoms with Gasteiger partial charge in [0.1, 0.15) is 0 Å². The first-order valence-electron chi connectivity index (χ1n) is 8.55. The second-order valence-corrected chi connectivity index (χ2v) is 6.94. The summed E-state index contributed by atoms with van der Waals surface area (Å²) < 4.78 is 0. The molecule has 0 saturated carbocycles. The maximum atomic E-state index is 13.2. The van der Waals surface area contributed by atoms with Gasteiger partial charge in [-0.15, -0.1) is 0 Å². The summed E-state index contributed by atoms with van der Waals surface area (Å²) in [6.07, 6.45) is -0.406. The molecule has 0 aliphatic carbocycles. The molecule has 3 rings (SSSR count). The molecular formula is C20H21ClN2O3. The van der Waals surface area contributed by atoms with Gasteiger partial charge in [0.05, 0.1) is 28.0 Å². The molecule has 0 saturated heterocycles. The summed E-state index contributed by atoms with van der Waals surface area (Å²) in [4.78, 5) is 28.1. The van der Waals surface area contributed by atoms with Crippen molar-refractivity contribution in [2.45, 2.75) is 33.2 Å². The fourth-order valence-electron chi connectivity index (χ4n) is 3.33. The lowest BCUT2D eigenvalue weighted by atomic mass is 9.99. The van der Waals surface area contributed by atoms with Gasteiger partial charge in [-0.1, -0.05) is 30.7 Å². The first-order valence-corrected chi connectivity index (χ1v) is 8.92. The van der Waals surface area contributed by atoms with Gasteiger partial charge in [-0.3, -0.25) is 9.69 Å². The van der Waals surface area contributed by atoms with Crippen LogP contribution in [0.5, 0.6) is 0 Å². The molecule has 0 aromatic heterocycles. The van der Waals surface area contributed by atoms with E-state index in [2.05, 4.69) is 0 Å². The molecule has 5 nitrogen and oxygen atoms in total. The van der Waals surface area contributed by atoms with Gasteiger partial charge in [0, 0.05) is 6.54 Å². The molecule has 0 fully saturated rings. The van der Waals surface area contributed by atoms with Crippen molar-refractivity contribution in [3.63, 3.8) is 0 Å². The fourth-order valence-corrected chi connectivity index (χ4v) is 3.54. The molecule has 6 heteroatoms. The lowest BCUT2D eigenvalue weighted by molar-refractivity contribution is 0.0982. The molecular weight excluding hydrogens is 352 g/mol. The van der Waals surface area contributed by atoms with Crippen molar-refractivity contribution in [2.24, 2.45) is 0 Å². The van der Waals surface area contributed by atoms with Crippen LogP contribution in [0.2, 0.25) is 5.02 Å². The highest BCUT2D eigenvalue weighted by atomic mass is 35.5. The molecule has 0 radical (unpaired) electrons. The average molecular weight is 373 g/mol. The first kappa shape index (κ1) is 18.3. The van der Waals surface area contributed by atoms with Crippen LogP contribution in [-0.2, 0) is 0 Å². The maximum Gasteiger partial charge on any atom is 0.412 e. The molecule has 1 N–H and O–H groups in total. The molecule has 2 aromatic rings. The number of benzene rings is 2. The van der Waals surface area contributed by atoms with Gasteiger partial charge in [0.2, 0.25) is 0 Å². The quantitative estimate of drug-likeness (QED) is 0.817. The zero-order chi connectivity index (χ0) is 19.0. The lowest BCUT2D eigenvalue weighted by Crippen LogP contribution is -2.52. The molecule has 0 bridgehead atoms. The van der Waals surface area contributed by atoms with E-state index in [1.54, 1.807) is 29.2 Å². The molecule has 1 atom stereocenters. The Balaban J connectivity index is 2.17. The summed E-state index contributed by atoms with van der Waals surface area (Å²) in [5.41, 5.74) is 3.54. The normalized spacial score (nSPS) is 16.4. The van der Waals surface area contributed by atoms with Crippen molar-refractivity contribution >= 4 is 35.0 Å². The molecule has 1 heterocycles. The minimum absolute atomic E-state index is 0.219. The van der Waals surface area contributed by atoms with E-state index in [1.807, 2.05) is 32.9 Å². The first-order chi connectivity index (χ1) is 12.3. The molecule has 2 aromatic carbocycles. The predicted octanol–water partition coefficient (Wildman–Crippen LogP) is 4.88. The summed E-state index contributed by atoms with van der Waals surface area (Å²) in [5, 5.41) is 10.1. The average Bonchev–Trinajstić information content (AvgIpc) is 2.61. The fraction of sp³-hybridized carbons (Fsp3) is 0.300. The summed E-state index contributed by atoms with van der Waals surface area (Å²) in [7, 11) is 0. The Hall–Kier alpha value is -2.53. The summed E-state index contributed by atoms with van der Waals surface area (Å²) in [6.45, 7) is 6.10. The number of anilines is 2. The molecule has 1 aliphatic heterocycles. The Morgan fingerprint density at radius 3 is 2.35 bits per heavy atom. The number of aryl methyl sites for hydroxylation is 2. The molecule has 26 heavy (non-hydrogen) atoms. The van der Waals surface area contributed by atoms with Crippen LogP contribution >= 0.6 is 11.6 Å². The van der Waals surface area contributed by atoms with E-state index < -0.39 is 6.09 Å². The third-order valence-electron chi connectivity index (χ3n) is 4.93. The predicted molar refractivity (Wildman–Crippen MR) is 104 cm³/mol. The van der Waals surface area contributed by atoms with E-state index in [-0.39, 0.29) is 11.9 Å². The van der Waals surface area contributed by atoms with E-state index in [4.69, 9.17) is 11.6 Å². The Kier molecular flexibility index (Phi) is 4.92. The van der Waals surface area contributed by atoms with Crippen molar-refractivity contribution in [1.82, 2.24) is 0 Å². The van der Waals surface area contributed by atoms with Crippen LogP contribution in [0.4, 0.5) is 16.2 Å². The Morgan fingerprint density at radius 1 is 1.15 bits per heavy atom. The van der Waals surface area contributed by atoms with E-state index >= 15 is 0 Å². The molecule has 1 unspecified atom stereocenters. The van der Waals surface area contributed by atoms with E-state index in [0.717, 1.165) is 11.1 Å². The van der Waals surface area contributed by atoms with Gasteiger partial charge < -0.3 is 10.0 Å². The number of carboxylic acid groups (broad SMARTS) is 1. The van der Waals surface area contributed by atoms with Gasteiger partial charge in [0.15, 0.2) is 0 Å². The highest BCUT2D eigenvalue weighted by Crippen LogP contribution is 2.39. The smallest absolute Gasteiger partial charge is 0.412 e. The van der Waals surface area contributed by atoms with Crippen molar-refractivity contribution in [3.8, 4) is 0 Å². The second-order valence-electron chi connectivity index (χ2n) is 6.54. The van der Waals surface area contributed by atoms with Crippen LogP contribution in [-0.4, -0.2) is 29.7 Å². The number of amides is 2. The zero-order valence-corrected chi connectivity index (χ0v) is 15.7. The summed E-state index contributed by atoms with van der Waals surface area (Å²) in [6, 6.07) is 10.3. The monoisotopic (exact) mass is 372 g/mol. The summed E-state index contributed by atoms with van der Waals surface area (Å²) in [5.74, 6) is -0.219. The molecule has 1 aliphatic rings. The second kappa shape index (κ2) is 7.00. The molecule has 0 spiro atoms. The van der Waals surface area contributed by atoms with Gasteiger partial charge in [-0.25, -0.2) is 4.79 Å². The van der Waals surface area contributed by atoms with Crippen LogP contribution in [0, 0.1) is 13.8 Å². The number of carbonyl (C=O) groups excluding carboxylic acids is 1. The van der Waals surface area contributed by atoms with Crippen LogP contribution in [0.25, 0.3) is 0 Å². The number of rotatable bonds is 2. The standard InChI is InChI=1S/C20H21ClN2O3/c1-4-14-11-22(19(24)15-7-5-6-8-16(15)21)17-9-12(2)13(3)10-18(17)23(14)20(25)26/h5-10,14H,4,11H2,1-3H3,(H,25,26). The third kappa shape index (κ3) is 3.03. The van der Waals surface area contributed by atoms with Gasteiger partial charge in [-0.2, -0.15) is 0 Å². The lowest BCUT2D eigenvalue weighted by Gasteiger charge is -2.41. The van der Waals surface area contributed by atoms with Crippen LogP contribution < -0.4 is 9.80 Å². The van der Waals surface area contributed by atoms with Crippen LogP contribution in [0.1, 0.15) is 34.8 Å². The SMILES string of the molecule is CCC1CN(C(=O)c2ccccc2Cl)c2cc(C)c(C)cc2N1C(=O)O. The topological polar surface area (TPSA) is 60.9 Å². The highest BCUT2D eigenvalue weighted by molar-refractivity contribution is 6.34. The largest absolute Gasteiger partial charge is 0.465 e. The van der Waals surface area contributed by atoms with Crippen molar-refractivity contribution in [2.75, 3.05) is 16.3 Å². The van der Waals surface area contributed by atoms with Crippen LogP contribution in [0.15, 0.2) is 36.4 Å². The Bertz CT molecular complexity index is 881. The number of carbonyl (C=O) groups is 2. The third-order valence-corrected chi connectivity index (χ3v) is 5.26.